The number of aryl methyl sites for hydroxylation is 1. The molecular weight excluding hydrogens is 224 g/mol. The molecule has 0 amide bonds. The van der Waals surface area contributed by atoms with Crippen molar-refractivity contribution in [2.45, 2.75) is 25.8 Å². The molecule has 1 aromatic rings. The van der Waals surface area contributed by atoms with Gasteiger partial charge >= 0.3 is 0 Å². The van der Waals surface area contributed by atoms with E-state index in [4.69, 9.17) is 10.5 Å². The summed E-state index contributed by atoms with van der Waals surface area (Å²) < 4.78 is 9.30. The third kappa shape index (κ3) is 4.03. The molecule has 1 aromatic heterocycles. The summed E-state index contributed by atoms with van der Waals surface area (Å²) in [7, 11) is 3.63. The standard InChI is InChI=1S/C10H20N4OS/c1-4-5-9-12-10(16-13-9)14(2)6-8(11)7-15-3/h8H,4-7,11H2,1-3H3. The van der Waals surface area contributed by atoms with Gasteiger partial charge in [0.1, 0.15) is 5.82 Å². The molecule has 1 rings (SSSR count). The average Bonchev–Trinajstić information content (AvgIpc) is 2.67. The molecule has 1 atom stereocenters. The van der Waals surface area contributed by atoms with Crippen molar-refractivity contribution in [2.75, 3.05) is 32.2 Å². The Hall–Kier alpha value is -0.720. The van der Waals surface area contributed by atoms with E-state index in [0.717, 1.165) is 30.3 Å². The molecule has 1 unspecified atom stereocenters. The number of ether oxygens (including phenoxy) is 1. The molecule has 0 bridgehead atoms. The van der Waals surface area contributed by atoms with Gasteiger partial charge in [-0.1, -0.05) is 6.92 Å². The van der Waals surface area contributed by atoms with Crippen LogP contribution >= 0.6 is 11.5 Å². The largest absolute Gasteiger partial charge is 0.383 e. The van der Waals surface area contributed by atoms with Gasteiger partial charge in [-0.2, -0.15) is 4.37 Å². The fraction of sp³-hybridized carbons (Fsp3) is 0.800. The minimum Gasteiger partial charge on any atom is -0.383 e. The molecule has 0 aromatic carbocycles. The number of methoxy groups -OCH3 is 1. The van der Waals surface area contributed by atoms with Crippen LogP contribution in [0.1, 0.15) is 19.2 Å². The Morgan fingerprint density at radius 2 is 2.31 bits per heavy atom. The quantitative estimate of drug-likeness (QED) is 0.772. The van der Waals surface area contributed by atoms with E-state index in [2.05, 4.69) is 16.3 Å². The Kier molecular flexibility index (Phi) is 5.65. The molecule has 92 valence electrons. The second-order valence-corrected chi connectivity index (χ2v) is 4.57. The fourth-order valence-electron chi connectivity index (χ4n) is 1.42. The highest BCUT2D eigenvalue weighted by Gasteiger charge is 2.11. The van der Waals surface area contributed by atoms with Crippen molar-refractivity contribution in [3.63, 3.8) is 0 Å². The van der Waals surface area contributed by atoms with Crippen molar-refractivity contribution in [1.82, 2.24) is 9.36 Å². The SMILES string of the molecule is CCCc1nsc(N(C)CC(N)COC)n1. The third-order valence-corrected chi connectivity index (χ3v) is 3.01. The molecule has 0 radical (unpaired) electrons. The minimum absolute atomic E-state index is 0.00789. The molecule has 0 fully saturated rings. The highest BCUT2D eigenvalue weighted by Crippen LogP contribution is 2.16. The number of nitrogens with zero attached hydrogens (tertiary/aromatic N) is 3. The average molecular weight is 244 g/mol. The van der Waals surface area contributed by atoms with E-state index in [1.165, 1.54) is 11.5 Å². The summed E-state index contributed by atoms with van der Waals surface area (Å²) in [6, 6.07) is 0.00789. The molecule has 0 spiro atoms. The zero-order valence-corrected chi connectivity index (χ0v) is 11.0. The van der Waals surface area contributed by atoms with Gasteiger partial charge in [0.25, 0.3) is 0 Å². The summed E-state index contributed by atoms with van der Waals surface area (Å²) in [6.07, 6.45) is 2.01. The molecule has 0 aliphatic carbocycles. The van der Waals surface area contributed by atoms with Gasteiger partial charge in [-0.3, -0.25) is 0 Å². The summed E-state index contributed by atoms with van der Waals surface area (Å²) in [6.45, 7) is 3.42. The summed E-state index contributed by atoms with van der Waals surface area (Å²) in [4.78, 5) is 6.48. The zero-order valence-electron chi connectivity index (χ0n) is 10.1. The van der Waals surface area contributed by atoms with Gasteiger partial charge in [0, 0.05) is 44.7 Å². The zero-order chi connectivity index (χ0) is 12.0. The van der Waals surface area contributed by atoms with Crippen molar-refractivity contribution < 1.29 is 4.74 Å². The third-order valence-electron chi connectivity index (χ3n) is 2.15. The fourth-order valence-corrected chi connectivity index (χ4v) is 2.10. The van der Waals surface area contributed by atoms with Crippen LogP contribution < -0.4 is 10.6 Å². The van der Waals surface area contributed by atoms with Gasteiger partial charge in [0.2, 0.25) is 5.13 Å². The maximum absolute atomic E-state index is 5.88. The van der Waals surface area contributed by atoms with Gasteiger partial charge in [-0.25, -0.2) is 4.98 Å². The summed E-state index contributed by atoms with van der Waals surface area (Å²) >= 11 is 1.43. The van der Waals surface area contributed by atoms with Crippen LogP contribution in [0.5, 0.6) is 0 Å². The van der Waals surface area contributed by atoms with Crippen molar-refractivity contribution in [1.29, 1.82) is 0 Å². The van der Waals surface area contributed by atoms with Crippen LogP contribution in [0.2, 0.25) is 0 Å². The first kappa shape index (κ1) is 13.3. The molecule has 5 nitrogen and oxygen atoms in total. The van der Waals surface area contributed by atoms with Crippen LogP contribution in [0.3, 0.4) is 0 Å². The normalized spacial score (nSPS) is 12.8. The van der Waals surface area contributed by atoms with Gasteiger partial charge in [0.15, 0.2) is 0 Å². The molecule has 16 heavy (non-hydrogen) atoms. The van der Waals surface area contributed by atoms with Gasteiger partial charge < -0.3 is 15.4 Å². The predicted molar refractivity (Wildman–Crippen MR) is 67.0 cm³/mol. The first-order chi connectivity index (χ1) is 7.67. The van der Waals surface area contributed by atoms with Crippen LogP contribution in [0, 0.1) is 0 Å². The number of hydrogen-bond acceptors (Lipinski definition) is 6. The molecule has 0 saturated heterocycles. The molecule has 0 saturated carbocycles. The van der Waals surface area contributed by atoms with E-state index in [-0.39, 0.29) is 6.04 Å². The first-order valence-corrected chi connectivity index (χ1v) is 6.23. The van der Waals surface area contributed by atoms with Crippen molar-refractivity contribution in [3.8, 4) is 0 Å². The first-order valence-electron chi connectivity index (χ1n) is 5.45. The molecule has 6 heteroatoms. The number of hydrogen-bond donors (Lipinski definition) is 1. The Balaban J connectivity index is 2.48. The van der Waals surface area contributed by atoms with E-state index >= 15 is 0 Å². The van der Waals surface area contributed by atoms with Crippen molar-refractivity contribution in [3.05, 3.63) is 5.82 Å². The molecule has 0 aliphatic rings. The lowest BCUT2D eigenvalue weighted by molar-refractivity contribution is 0.181. The number of nitrogens with two attached hydrogens (primary N) is 1. The number of rotatable bonds is 7. The predicted octanol–water partition coefficient (Wildman–Crippen LogP) is 0.900. The Morgan fingerprint density at radius 1 is 1.56 bits per heavy atom. The Labute approximate surface area is 101 Å². The van der Waals surface area contributed by atoms with Crippen LogP contribution in [0.4, 0.5) is 5.13 Å². The summed E-state index contributed by atoms with van der Waals surface area (Å²) in [5, 5.41) is 0.926. The van der Waals surface area contributed by atoms with Crippen molar-refractivity contribution >= 4 is 16.7 Å². The van der Waals surface area contributed by atoms with E-state index in [0.29, 0.717) is 6.61 Å². The van der Waals surface area contributed by atoms with E-state index in [1.807, 2.05) is 11.9 Å². The smallest absolute Gasteiger partial charge is 0.204 e. The molecular formula is C10H20N4OS. The monoisotopic (exact) mass is 244 g/mol. The lowest BCUT2D eigenvalue weighted by atomic mass is 10.3. The minimum atomic E-state index is 0.00789. The lowest BCUT2D eigenvalue weighted by Gasteiger charge is -2.19. The molecule has 2 N–H and O–H groups in total. The van der Waals surface area contributed by atoms with Gasteiger partial charge in [0.05, 0.1) is 6.61 Å². The maximum atomic E-state index is 5.88. The van der Waals surface area contributed by atoms with Gasteiger partial charge in [-0.05, 0) is 6.42 Å². The summed E-state index contributed by atoms with van der Waals surface area (Å²) in [5.41, 5.74) is 5.88. The van der Waals surface area contributed by atoms with E-state index < -0.39 is 0 Å². The summed E-state index contributed by atoms with van der Waals surface area (Å²) in [5.74, 6) is 0.926. The highest BCUT2D eigenvalue weighted by molar-refractivity contribution is 7.09. The second-order valence-electron chi connectivity index (χ2n) is 3.84. The van der Waals surface area contributed by atoms with Crippen LogP contribution in [0.15, 0.2) is 0 Å². The van der Waals surface area contributed by atoms with Crippen molar-refractivity contribution in [2.24, 2.45) is 5.73 Å². The van der Waals surface area contributed by atoms with Crippen LogP contribution in [-0.2, 0) is 11.2 Å². The number of anilines is 1. The highest BCUT2D eigenvalue weighted by atomic mass is 32.1. The Morgan fingerprint density at radius 3 is 2.94 bits per heavy atom. The Bertz CT molecular complexity index is 305. The van der Waals surface area contributed by atoms with Crippen LogP contribution in [0.25, 0.3) is 0 Å². The van der Waals surface area contributed by atoms with E-state index in [1.54, 1.807) is 7.11 Å². The molecule has 0 aliphatic heterocycles. The van der Waals surface area contributed by atoms with Gasteiger partial charge in [-0.15, -0.1) is 0 Å². The maximum Gasteiger partial charge on any atom is 0.204 e. The van der Waals surface area contributed by atoms with Crippen LogP contribution in [-0.4, -0.2) is 42.7 Å². The molecule has 1 heterocycles. The number of aromatic nitrogens is 2. The van der Waals surface area contributed by atoms with E-state index in [9.17, 15) is 0 Å². The second kappa shape index (κ2) is 6.78. The number of likely N-dealkylation sites (N-methyl/N-ethyl adjacent to an activating group) is 1. The lowest BCUT2D eigenvalue weighted by Crippen LogP contribution is -2.38. The topological polar surface area (TPSA) is 64.3 Å².